The van der Waals surface area contributed by atoms with Crippen molar-refractivity contribution in [2.45, 2.75) is 17.9 Å². The lowest BCUT2D eigenvalue weighted by Crippen LogP contribution is -2.28. The second kappa shape index (κ2) is 6.59. The van der Waals surface area contributed by atoms with Crippen molar-refractivity contribution in [2.24, 2.45) is 10.9 Å². The normalized spacial score (nSPS) is 12.6. The maximum Gasteiger partial charge on any atom is 0.240 e. The Hall–Kier alpha value is -1.07. The maximum absolute atomic E-state index is 13.5. The number of hydrogen-bond acceptors (Lipinski definition) is 5. The molecule has 0 fully saturated rings. The Morgan fingerprint density at radius 1 is 1.20 bits per heavy atom. The van der Waals surface area contributed by atoms with Gasteiger partial charge in [0, 0.05) is 18.7 Å². The van der Waals surface area contributed by atoms with Crippen LogP contribution in [0, 0.1) is 5.82 Å². The fourth-order valence-corrected chi connectivity index (χ4v) is 3.42. The zero-order valence-corrected chi connectivity index (χ0v) is 12.2. The van der Waals surface area contributed by atoms with Gasteiger partial charge in [-0.1, -0.05) is 6.07 Å². The molecule has 0 unspecified atom stereocenters. The molecule has 20 heavy (non-hydrogen) atoms. The summed E-state index contributed by atoms with van der Waals surface area (Å²) in [5, 5.41) is 4.79. The molecule has 114 valence electrons. The summed E-state index contributed by atoms with van der Waals surface area (Å²) in [4.78, 5) is -0.254. The number of hydrogen-bond donors (Lipinski definition) is 3. The van der Waals surface area contributed by atoms with E-state index in [1.807, 2.05) is 0 Å². The molecule has 0 saturated heterocycles. The summed E-state index contributed by atoms with van der Waals surface area (Å²) in [6, 6.07) is 3.60. The van der Waals surface area contributed by atoms with Gasteiger partial charge < -0.3 is 5.73 Å². The molecular formula is C10H16FN3O4S2. The first-order valence-corrected chi connectivity index (χ1v) is 8.85. The summed E-state index contributed by atoms with van der Waals surface area (Å²) < 4.78 is 61.0. The van der Waals surface area contributed by atoms with E-state index in [-0.39, 0.29) is 35.7 Å². The Labute approximate surface area is 117 Å². The molecule has 5 N–H and O–H groups in total. The van der Waals surface area contributed by atoms with E-state index in [1.54, 1.807) is 0 Å². The van der Waals surface area contributed by atoms with Crippen LogP contribution in [0.4, 0.5) is 4.39 Å². The van der Waals surface area contributed by atoms with E-state index in [0.717, 1.165) is 6.07 Å². The summed E-state index contributed by atoms with van der Waals surface area (Å²) in [6.07, 6.45) is 0.0192. The van der Waals surface area contributed by atoms with Crippen LogP contribution < -0.4 is 15.6 Å². The topological polar surface area (TPSA) is 132 Å². The minimum atomic E-state index is -3.95. The van der Waals surface area contributed by atoms with E-state index >= 15 is 0 Å². The number of nitrogens with two attached hydrogens (primary N) is 2. The van der Waals surface area contributed by atoms with Gasteiger partial charge in [0.15, 0.2) is 0 Å². The van der Waals surface area contributed by atoms with Gasteiger partial charge in [-0.25, -0.2) is 31.1 Å². The van der Waals surface area contributed by atoms with Gasteiger partial charge >= 0.3 is 0 Å². The largest absolute Gasteiger partial charge is 0.326 e. The fourth-order valence-electron chi connectivity index (χ4n) is 1.55. The minimum absolute atomic E-state index is 0.0192. The summed E-state index contributed by atoms with van der Waals surface area (Å²) in [6.45, 7) is -0.389. The van der Waals surface area contributed by atoms with E-state index < -0.39 is 25.9 Å². The van der Waals surface area contributed by atoms with Crippen molar-refractivity contribution in [2.75, 3.05) is 12.3 Å². The molecule has 10 heteroatoms. The van der Waals surface area contributed by atoms with Crippen molar-refractivity contribution in [3.8, 4) is 0 Å². The van der Waals surface area contributed by atoms with E-state index in [9.17, 15) is 21.2 Å². The quantitative estimate of drug-likeness (QED) is 0.567. The molecule has 7 nitrogen and oxygen atoms in total. The zero-order valence-electron chi connectivity index (χ0n) is 10.5. The number of benzene rings is 1. The fraction of sp³-hybridized carbons (Fsp3) is 0.400. The maximum atomic E-state index is 13.5. The smallest absolute Gasteiger partial charge is 0.240 e. The van der Waals surface area contributed by atoms with Crippen molar-refractivity contribution in [3.63, 3.8) is 0 Å². The SMILES string of the molecule is NCc1c(F)cccc1S(=O)(=O)NCCCS(N)(=O)=O. The van der Waals surface area contributed by atoms with Crippen LogP contribution >= 0.6 is 0 Å². The molecule has 0 atom stereocenters. The standard InChI is InChI=1S/C10H16FN3O4S2/c11-9-3-1-4-10(8(9)7-12)20(17,18)14-5-2-6-19(13,15)16/h1,3-4,14H,2,5-7,12H2,(H2,13,15,16). The minimum Gasteiger partial charge on any atom is -0.326 e. The third-order valence-electron chi connectivity index (χ3n) is 2.47. The number of sulfonamides is 2. The molecule has 0 aliphatic heterocycles. The van der Waals surface area contributed by atoms with Gasteiger partial charge in [0.1, 0.15) is 5.82 Å². The predicted molar refractivity (Wildman–Crippen MR) is 72.1 cm³/mol. The van der Waals surface area contributed by atoms with Crippen molar-refractivity contribution in [3.05, 3.63) is 29.6 Å². The second-order valence-corrected chi connectivity index (χ2v) is 7.51. The molecule has 1 aromatic carbocycles. The monoisotopic (exact) mass is 325 g/mol. The van der Waals surface area contributed by atoms with Gasteiger partial charge in [-0.15, -0.1) is 0 Å². The second-order valence-electron chi connectivity index (χ2n) is 4.04. The lowest BCUT2D eigenvalue weighted by Gasteiger charge is -2.10. The van der Waals surface area contributed by atoms with Crippen LogP contribution in [0.2, 0.25) is 0 Å². The highest BCUT2D eigenvalue weighted by molar-refractivity contribution is 7.89. The Balaban J connectivity index is 2.82. The molecule has 0 aromatic heterocycles. The molecule has 1 aromatic rings. The Morgan fingerprint density at radius 2 is 1.85 bits per heavy atom. The van der Waals surface area contributed by atoms with Crippen LogP contribution in [-0.4, -0.2) is 29.1 Å². The molecule has 0 radical (unpaired) electrons. The molecule has 0 aliphatic rings. The number of halogens is 1. The highest BCUT2D eigenvalue weighted by atomic mass is 32.2. The average molecular weight is 325 g/mol. The lowest BCUT2D eigenvalue weighted by molar-refractivity contribution is 0.568. The van der Waals surface area contributed by atoms with Crippen LogP contribution in [0.1, 0.15) is 12.0 Å². The van der Waals surface area contributed by atoms with Gasteiger partial charge in [0.2, 0.25) is 20.0 Å². The van der Waals surface area contributed by atoms with E-state index in [0.29, 0.717) is 0 Å². The summed E-state index contributed by atoms with van der Waals surface area (Å²) in [5.74, 6) is -1.05. The third-order valence-corrected chi connectivity index (χ3v) is 4.87. The third kappa shape index (κ3) is 4.80. The highest BCUT2D eigenvalue weighted by Crippen LogP contribution is 2.18. The van der Waals surface area contributed by atoms with E-state index in [4.69, 9.17) is 10.9 Å². The average Bonchev–Trinajstić information content (AvgIpc) is 2.33. The first-order valence-electron chi connectivity index (χ1n) is 5.65. The van der Waals surface area contributed by atoms with Crippen LogP contribution in [0.3, 0.4) is 0 Å². The summed E-state index contributed by atoms with van der Waals surface area (Å²) >= 11 is 0. The van der Waals surface area contributed by atoms with Crippen LogP contribution in [0.25, 0.3) is 0 Å². The zero-order chi connectivity index (χ0) is 15.4. The van der Waals surface area contributed by atoms with Gasteiger partial charge in [-0.2, -0.15) is 0 Å². The molecule has 0 amide bonds. The molecule has 1 rings (SSSR count). The molecule has 0 spiro atoms. The highest BCUT2D eigenvalue weighted by Gasteiger charge is 2.19. The summed E-state index contributed by atoms with van der Waals surface area (Å²) in [7, 11) is -7.59. The van der Waals surface area contributed by atoms with Crippen LogP contribution in [0.15, 0.2) is 23.1 Å². The Morgan fingerprint density at radius 3 is 2.40 bits per heavy atom. The molecule has 0 heterocycles. The van der Waals surface area contributed by atoms with Gasteiger partial charge in [0.25, 0.3) is 0 Å². The van der Waals surface area contributed by atoms with Crippen LogP contribution in [-0.2, 0) is 26.6 Å². The van der Waals surface area contributed by atoms with Crippen molar-refractivity contribution >= 4 is 20.0 Å². The molecule has 0 aliphatic carbocycles. The first kappa shape index (κ1) is 17.0. The Bertz CT molecular complexity index is 674. The van der Waals surface area contributed by atoms with E-state index in [2.05, 4.69) is 4.72 Å². The number of primary sulfonamides is 1. The Kier molecular flexibility index (Phi) is 5.59. The number of rotatable bonds is 7. The predicted octanol–water partition coefficient (Wildman–Crippen LogP) is -0.759. The first-order chi connectivity index (χ1) is 9.17. The lowest BCUT2D eigenvalue weighted by atomic mass is 10.2. The number of nitrogens with one attached hydrogen (secondary N) is 1. The summed E-state index contributed by atoms with van der Waals surface area (Å²) in [5.41, 5.74) is 5.21. The van der Waals surface area contributed by atoms with Crippen LogP contribution in [0.5, 0.6) is 0 Å². The van der Waals surface area contributed by atoms with Gasteiger partial charge in [-0.05, 0) is 18.6 Å². The molecular weight excluding hydrogens is 309 g/mol. The van der Waals surface area contributed by atoms with Crippen molar-refractivity contribution in [1.29, 1.82) is 0 Å². The van der Waals surface area contributed by atoms with Crippen molar-refractivity contribution < 1.29 is 21.2 Å². The van der Waals surface area contributed by atoms with Gasteiger partial charge in [0.05, 0.1) is 10.6 Å². The molecule has 0 saturated carbocycles. The molecule has 0 bridgehead atoms. The van der Waals surface area contributed by atoms with E-state index in [1.165, 1.54) is 12.1 Å². The van der Waals surface area contributed by atoms with Crippen molar-refractivity contribution in [1.82, 2.24) is 4.72 Å². The van der Waals surface area contributed by atoms with Gasteiger partial charge in [-0.3, -0.25) is 0 Å².